The zero-order valence-electron chi connectivity index (χ0n) is 7.41. The molecule has 1 aromatic rings. The highest BCUT2D eigenvalue weighted by atomic mass is 127. The number of rotatable bonds is 1. The smallest absolute Gasteiger partial charge is 0.228 e. The number of anilines is 1. The number of alkyl halides is 1. The Hall–Kier alpha value is -0.100. The summed E-state index contributed by atoms with van der Waals surface area (Å²) in [6.45, 7) is 0.777. The quantitative estimate of drug-likeness (QED) is 0.553. The molecule has 1 saturated heterocycles. The van der Waals surface area contributed by atoms with Crippen LogP contribution in [0.5, 0.6) is 0 Å². The highest BCUT2D eigenvalue weighted by Crippen LogP contribution is 2.25. The number of halogens is 2. The Morgan fingerprint density at radius 3 is 2.86 bits per heavy atom. The molecule has 0 N–H and O–H groups in total. The van der Waals surface area contributed by atoms with Gasteiger partial charge in [-0.05, 0) is 40.8 Å². The third kappa shape index (κ3) is 2.11. The van der Waals surface area contributed by atoms with E-state index in [0.717, 1.165) is 15.8 Å². The molecule has 1 amide bonds. The number of carbonyl (C=O) groups excluding carboxylic acids is 1. The number of hydrogen-bond donors (Lipinski definition) is 0. The first kappa shape index (κ1) is 10.4. The largest absolute Gasteiger partial charge is 0.311 e. The van der Waals surface area contributed by atoms with E-state index in [1.54, 1.807) is 0 Å². The van der Waals surface area contributed by atoms with Gasteiger partial charge in [0.1, 0.15) is 0 Å². The van der Waals surface area contributed by atoms with Crippen molar-refractivity contribution in [3.8, 4) is 0 Å². The van der Waals surface area contributed by atoms with Crippen LogP contribution in [-0.2, 0) is 4.79 Å². The molecule has 0 radical (unpaired) electrons. The molecule has 2 nitrogen and oxygen atoms in total. The van der Waals surface area contributed by atoms with Crippen molar-refractivity contribution in [2.75, 3.05) is 11.4 Å². The number of hydrogen-bond acceptors (Lipinski definition) is 1. The fraction of sp³-hybridized carbons (Fsp3) is 0.300. The van der Waals surface area contributed by atoms with E-state index in [1.165, 1.54) is 0 Å². The number of amides is 1. The second-order valence-corrected chi connectivity index (χ2v) is 5.83. The fourth-order valence-electron chi connectivity index (χ4n) is 1.56. The van der Waals surface area contributed by atoms with Crippen LogP contribution in [0, 0.1) is 3.57 Å². The van der Waals surface area contributed by atoms with E-state index in [1.807, 2.05) is 29.2 Å². The summed E-state index contributed by atoms with van der Waals surface area (Å²) in [6.07, 6.45) is 0.603. The molecule has 1 atom stereocenters. The maximum atomic E-state index is 11.6. The van der Waals surface area contributed by atoms with Gasteiger partial charge in [0.25, 0.3) is 0 Å². The summed E-state index contributed by atoms with van der Waals surface area (Å²) in [5.74, 6) is 0.203. The van der Waals surface area contributed by atoms with Gasteiger partial charge in [-0.3, -0.25) is 4.79 Å². The van der Waals surface area contributed by atoms with Crippen LogP contribution in [0.15, 0.2) is 24.3 Å². The van der Waals surface area contributed by atoms with Crippen LogP contribution < -0.4 is 4.90 Å². The third-order valence-electron chi connectivity index (χ3n) is 2.20. The van der Waals surface area contributed by atoms with Crippen LogP contribution in [0.4, 0.5) is 5.69 Å². The van der Waals surface area contributed by atoms with Gasteiger partial charge in [0.05, 0.1) is 0 Å². The Kier molecular flexibility index (Phi) is 3.11. The maximum absolute atomic E-state index is 11.6. The van der Waals surface area contributed by atoms with Crippen molar-refractivity contribution in [1.29, 1.82) is 0 Å². The van der Waals surface area contributed by atoms with Gasteiger partial charge in [0.15, 0.2) is 0 Å². The van der Waals surface area contributed by atoms with E-state index >= 15 is 0 Å². The topological polar surface area (TPSA) is 20.3 Å². The van der Waals surface area contributed by atoms with E-state index in [9.17, 15) is 4.79 Å². The molecular formula is C10H9BrINO. The molecule has 1 fully saturated rings. The molecule has 1 aliphatic rings. The molecule has 1 heterocycles. The minimum atomic E-state index is 0.203. The van der Waals surface area contributed by atoms with Crippen LogP contribution in [-0.4, -0.2) is 17.3 Å². The lowest BCUT2D eigenvalue weighted by atomic mass is 10.3. The molecular weight excluding hydrogens is 357 g/mol. The number of carbonyl (C=O) groups is 1. The Morgan fingerprint density at radius 2 is 2.29 bits per heavy atom. The van der Waals surface area contributed by atoms with Crippen molar-refractivity contribution in [2.45, 2.75) is 11.2 Å². The van der Waals surface area contributed by atoms with Gasteiger partial charge in [0.2, 0.25) is 5.91 Å². The molecule has 1 aliphatic heterocycles. The number of benzene rings is 1. The van der Waals surface area contributed by atoms with Crippen molar-refractivity contribution in [3.63, 3.8) is 0 Å². The van der Waals surface area contributed by atoms with Crippen LogP contribution >= 0.6 is 38.5 Å². The standard InChI is InChI=1S/C10H9BrINO/c11-7-4-10(14)13(6-7)9-3-1-2-8(12)5-9/h1-3,5,7H,4,6H2. The highest BCUT2D eigenvalue weighted by molar-refractivity contribution is 14.1. The molecule has 0 saturated carbocycles. The molecule has 0 bridgehead atoms. The molecule has 1 aromatic carbocycles. The van der Waals surface area contributed by atoms with Crippen LogP contribution in [0.2, 0.25) is 0 Å². The number of nitrogens with zero attached hydrogens (tertiary/aromatic N) is 1. The van der Waals surface area contributed by atoms with Gasteiger partial charge < -0.3 is 4.90 Å². The van der Waals surface area contributed by atoms with Crippen molar-refractivity contribution < 1.29 is 4.79 Å². The Morgan fingerprint density at radius 1 is 1.50 bits per heavy atom. The molecule has 0 spiro atoms. The lowest BCUT2D eigenvalue weighted by Gasteiger charge is -2.15. The molecule has 14 heavy (non-hydrogen) atoms. The van der Waals surface area contributed by atoms with Gasteiger partial charge in [-0.1, -0.05) is 22.0 Å². The van der Waals surface area contributed by atoms with Crippen LogP contribution in [0.3, 0.4) is 0 Å². The molecule has 2 rings (SSSR count). The second-order valence-electron chi connectivity index (χ2n) is 3.29. The van der Waals surface area contributed by atoms with Gasteiger partial charge in [-0.25, -0.2) is 0 Å². The van der Waals surface area contributed by atoms with E-state index in [2.05, 4.69) is 38.5 Å². The third-order valence-corrected chi connectivity index (χ3v) is 3.48. The van der Waals surface area contributed by atoms with Crippen LogP contribution in [0.25, 0.3) is 0 Å². The average Bonchev–Trinajstić information content (AvgIpc) is 2.45. The molecule has 0 aromatic heterocycles. The van der Waals surface area contributed by atoms with E-state index in [0.29, 0.717) is 11.2 Å². The first-order valence-corrected chi connectivity index (χ1v) is 6.36. The highest BCUT2D eigenvalue weighted by Gasteiger charge is 2.28. The second kappa shape index (κ2) is 4.18. The summed E-state index contributed by atoms with van der Waals surface area (Å²) in [6, 6.07) is 8.01. The normalized spacial score (nSPS) is 21.7. The summed E-state index contributed by atoms with van der Waals surface area (Å²) >= 11 is 5.73. The van der Waals surface area contributed by atoms with Gasteiger partial charge in [-0.15, -0.1) is 0 Å². The molecule has 0 aliphatic carbocycles. The summed E-state index contributed by atoms with van der Waals surface area (Å²) in [5, 5.41) is 0. The van der Waals surface area contributed by atoms with Gasteiger partial charge in [0, 0.05) is 27.1 Å². The molecule has 4 heteroatoms. The fourth-order valence-corrected chi connectivity index (χ4v) is 2.65. The van der Waals surface area contributed by atoms with Crippen molar-refractivity contribution in [3.05, 3.63) is 27.8 Å². The Bertz CT molecular complexity index is 369. The molecule has 74 valence electrons. The lowest BCUT2D eigenvalue weighted by molar-refractivity contribution is -0.117. The molecule has 1 unspecified atom stereocenters. The lowest BCUT2D eigenvalue weighted by Crippen LogP contribution is -2.24. The van der Waals surface area contributed by atoms with Crippen molar-refractivity contribution in [2.24, 2.45) is 0 Å². The predicted octanol–water partition coefficient (Wildman–Crippen LogP) is 2.79. The summed E-state index contributed by atoms with van der Waals surface area (Å²) < 4.78 is 1.16. The Balaban J connectivity index is 2.27. The predicted molar refractivity (Wildman–Crippen MR) is 68.8 cm³/mol. The Labute approximate surface area is 105 Å². The minimum Gasteiger partial charge on any atom is -0.311 e. The van der Waals surface area contributed by atoms with E-state index in [4.69, 9.17) is 0 Å². The SMILES string of the molecule is O=C1CC(Br)CN1c1cccc(I)c1. The van der Waals surface area contributed by atoms with E-state index in [-0.39, 0.29) is 5.91 Å². The zero-order valence-corrected chi connectivity index (χ0v) is 11.2. The summed E-state index contributed by atoms with van der Waals surface area (Å²) in [4.78, 5) is 13.7. The summed E-state index contributed by atoms with van der Waals surface area (Å²) in [5.41, 5.74) is 1.00. The monoisotopic (exact) mass is 365 g/mol. The maximum Gasteiger partial charge on any atom is 0.228 e. The van der Waals surface area contributed by atoms with Crippen LogP contribution in [0.1, 0.15) is 6.42 Å². The van der Waals surface area contributed by atoms with Gasteiger partial charge in [-0.2, -0.15) is 0 Å². The first-order chi connectivity index (χ1) is 6.66. The first-order valence-electron chi connectivity index (χ1n) is 4.37. The van der Waals surface area contributed by atoms with Crippen molar-refractivity contribution in [1.82, 2.24) is 0 Å². The van der Waals surface area contributed by atoms with Crippen molar-refractivity contribution >= 4 is 50.1 Å². The van der Waals surface area contributed by atoms with Gasteiger partial charge >= 0.3 is 0 Å². The zero-order chi connectivity index (χ0) is 10.1. The minimum absolute atomic E-state index is 0.203. The van der Waals surface area contributed by atoms with E-state index < -0.39 is 0 Å². The summed E-state index contributed by atoms with van der Waals surface area (Å²) in [7, 11) is 0. The average molecular weight is 366 g/mol.